The Hall–Kier alpha value is -3.19. The van der Waals surface area contributed by atoms with Crippen LogP contribution in [-0.4, -0.2) is 44.0 Å². The van der Waals surface area contributed by atoms with Crippen LogP contribution in [0.5, 0.6) is 0 Å². The van der Waals surface area contributed by atoms with Crippen molar-refractivity contribution in [2.45, 2.75) is 25.8 Å². The third-order valence-corrected chi connectivity index (χ3v) is 6.28. The van der Waals surface area contributed by atoms with Crippen molar-refractivity contribution in [2.75, 3.05) is 43.4 Å². The number of nitrogens with zero attached hydrogens (tertiary/aromatic N) is 2. The van der Waals surface area contributed by atoms with Gasteiger partial charge in [0.2, 0.25) is 0 Å². The molecule has 1 fully saturated rings. The molecule has 4 rings (SSSR count). The van der Waals surface area contributed by atoms with Crippen molar-refractivity contribution >= 4 is 22.9 Å². The van der Waals surface area contributed by atoms with E-state index in [0.717, 1.165) is 43.0 Å². The molecule has 2 aliphatic rings. The highest BCUT2D eigenvalue weighted by Gasteiger charge is 2.30. The van der Waals surface area contributed by atoms with Gasteiger partial charge in [0.25, 0.3) is 5.91 Å². The first-order valence-corrected chi connectivity index (χ1v) is 11.4. The number of rotatable bonds is 7. The number of hydrogen-bond donors (Lipinski definition) is 2. The number of nitrogens with one attached hydrogen (secondary N) is 2. The summed E-state index contributed by atoms with van der Waals surface area (Å²) in [6.07, 6.45) is 5.20. The molecule has 0 aromatic heterocycles. The maximum Gasteiger partial charge on any atom is 0.253 e. The summed E-state index contributed by atoms with van der Waals surface area (Å²) in [6, 6.07) is 9.85. The Morgan fingerprint density at radius 3 is 2.42 bits per heavy atom. The Bertz CT molecular complexity index is 1060. The molecule has 1 amide bonds. The van der Waals surface area contributed by atoms with E-state index in [1.165, 1.54) is 19.3 Å². The van der Waals surface area contributed by atoms with Gasteiger partial charge in [-0.15, -0.1) is 0 Å². The van der Waals surface area contributed by atoms with Gasteiger partial charge in [-0.25, -0.2) is 8.78 Å². The minimum atomic E-state index is -0.598. The predicted octanol–water partition coefficient (Wildman–Crippen LogP) is 4.53. The summed E-state index contributed by atoms with van der Waals surface area (Å²) in [6.45, 7) is 7.58. The van der Waals surface area contributed by atoms with E-state index in [9.17, 15) is 13.6 Å². The van der Waals surface area contributed by atoms with Gasteiger partial charge in [0.15, 0.2) is 0 Å². The summed E-state index contributed by atoms with van der Waals surface area (Å²) in [5.74, 6) is -1.49. The second-order valence-corrected chi connectivity index (χ2v) is 8.51. The van der Waals surface area contributed by atoms with Crippen molar-refractivity contribution < 1.29 is 13.6 Å². The molecule has 2 aliphatic heterocycles. The van der Waals surface area contributed by atoms with E-state index in [1.807, 2.05) is 31.3 Å². The Morgan fingerprint density at radius 2 is 1.73 bits per heavy atom. The van der Waals surface area contributed by atoms with Gasteiger partial charge in [-0.05, 0) is 61.3 Å². The highest BCUT2D eigenvalue weighted by molar-refractivity contribution is 6.11. The number of amides is 1. The number of benzene rings is 2. The molecule has 0 saturated carbocycles. The molecule has 2 aromatic carbocycles. The van der Waals surface area contributed by atoms with Crippen LogP contribution in [0.15, 0.2) is 54.8 Å². The lowest BCUT2D eigenvalue weighted by Crippen LogP contribution is -2.39. The van der Waals surface area contributed by atoms with Crippen LogP contribution in [-0.2, 0) is 11.3 Å². The van der Waals surface area contributed by atoms with Gasteiger partial charge in [0, 0.05) is 44.1 Å². The molecule has 0 atom stereocenters. The van der Waals surface area contributed by atoms with E-state index in [4.69, 9.17) is 0 Å². The molecular weight excluding hydrogens is 422 g/mol. The zero-order valence-electron chi connectivity index (χ0n) is 19.0. The molecule has 1 saturated heterocycles. The highest BCUT2D eigenvalue weighted by atomic mass is 19.1. The molecule has 5 nitrogen and oxygen atoms in total. The van der Waals surface area contributed by atoms with Crippen LogP contribution in [0.1, 0.15) is 30.4 Å². The Kier molecular flexibility index (Phi) is 7.08. The van der Waals surface area contributed by atoms with E-state index in [0.29, 0.717) is 6.54 Å². The molecule has 0 aliphatic carbocycles. The smallest absolute Gasteiger partial charge is 0.253 e. The van der Waals surface area contributed by atoms with Gasteiger partial charge in [-0.3, -0.25) is 4.79 Å². The highest BCUT2D eigenvalue weighted by Crippen LogP contribution is 2.40. The molecule has 2 N–H and O–H groups in total. The van der Waals surface area contributed by atoms with Crippen LogP contribution in [0, 0.1) is 11.6 Å². The molecule has 33 heavy (non-hydrogen) atoms. The van der Waals surface area contributed by atoms with E-state index >= 15 is 0 Å². The summed E-state index contributed by atoms with van der Waals surface area (Å²) < 4.78 is 29.7. The lowest BCUT2D eigenvalue weighted by molar-refractivity contribution is -0.117. The van der Waals surface area contributed by atoms with Crippen LogP contribution in [0.25, 0.3) is 5.57 Å². The molecule has 174 valence electrons. The van der Waals surface area contributed by atoms with Crippen LogP contribution in [0.2, 0.25) is 0 Å². The fourth-order valence-corrected chi connectivity index (χ4v) is 4.44. The first-order chi connectivity index (χ1) is 16.0. The first kappa shape index (κ1) is 23.0. The molecule has 0 unspecified atom stereocenters. The quantitative estimate of drug-likeness (QED) is 0.648. The lowest BCUT2D eigenvalue weighted by atomic mass is 9.92. The van der Waals surface area contributed by atoms with Crippen molar-refractivity contribution in [3.8, 4) is 0 Å². The van der Waals surface area contributed by atoms with Crippen molar-refractivity contribution in [3.05, 3.63) is 77.5 Å². The Balaban J connectivity index is 1.57. The minimum Gasteiger partial charge on any atom is -0.388 e. The van der Waals surface area contributed by atoms with Gasteiger partial charge in [-0.1, -0.05) is 25.1 Å². The summed E-state index contributed by atoms with van der Waals surface area (Å²) in [7, 11) is 1.83. The van der Waals surface area contributed by atoms with Crippen molar-refractivity contribution in [1.82, 2.24) is 10.2 Å². The average molecular weight is 453 g/mol. The summed E-state index contributed by atoms with van der Waals surface area (Å²) in [5.41, 5.74) is 2.43. The predicted molar refractivity (Wildman–Crippen MR) is 129 cm³/mol. The fourth-order valence-electron chi connectivity index (χ4n) is 4.44. The Labute approximate surface area is 193 Å². The minimum absolute atomic E-state index is 0.0329. The van der Waals surface area contributed by atoms with E-state index in [1.54, 1.807) is 11.1 Å². The molecular formula is C26H30F2N4O. The number of hydrogen-bond acceptors (Lipinski definition) is 4. The number of carbonyl (C=O) groups excluding carboxylic acids is 1. The largest absolute Gasteiger partial charge is 0.388 e. The number of likely N-dealkylation sites (tertiary alicyclic amines) is 1. The van der Waals surface area contributed by atoms with Gasteiger partial charge < -0.3 is 20.4 Å². The molecule has 2 heterocycles. The van der Waals surface area contributed by atoms with E-state index in [2.05, 4.69) is 22.1 Å². The maximum atomic E-state index is 14.8. The molecule has 0 spiro atoms. The fraction of sp³-hybridized carbons (Fsp3) is 0.346. The van der Waals surface area contributed by atoms with Crippen molar-refractivity contribution in [3.63, 3.8) is 0 Å². The zero-order chi connectivity index (χ0) is 23.4. The van der Waals surface area contributed by atoms with Gasteiger partial charge in [0.05, 0.1) is 11.3 Å². The second-order valence-electron chi connectivity index (χ2n) is 8.51. The summed E-state index contributed by atoms with van der Waals surface area (Å²) in [4.78, 5) is 17.0. The molecule has 7 heteroatoms. The molecule has 0 bridgehead atoms. The number of piperidine rings is 1. The second kappa shape index (κ2) is 10.2. The van der Waals surface area contributed by atoms with E-state index in [-0.39, 0.29) is 34.8 Å². The third-order valence-electron chi connectivity index (χ3n) is 6.28. The normalized spacial score (nSPS) is 16.3. The third kappa shape index (κ3) is 5.09. The maximum absolute atomic E-state index is 14.8. The van der Waals surface area contributed by atoms with Crippen LogP contribution in [0.3, 0.4) is 0 Å². The van der Waals surface area contributed by atoms with Crippen LogP contribution >= 0.6 is 0 Å². The van der Waals surface area contributed by atoms with Gasteiger partial charge in [0.1, 0.15) is 11.6 Å². The number of carbonyl (C=O) groups is 1. The van der Waals surface area contributed by atoms with Crippen LogP contribution < -0.4 is 15.5 Å². The number of anilines is 2. The van der Waals surface area contributed by atoms with E-state index < -0.39 is 11.6 Å². The lowest BCUT2D eigenvalue weighted by Gasteiger charge is -2.31. The van der Waals surface area contributed by atoms with Crippen molar-refractivity contribution in [2.24, 2.45) is 0 Å². The first-order valence-electron chi connectivity index (χ1n) is 11.4. The molecule has 0 radical (unpaired) electrons. The standard InChI is InChI=1S/C26H30F2N4O/c1-18-21(26(33)30-12-15-31-13-4-3-5-14-31)17-32(16-19-6-8-20(29-2)9-7-19)25-23(28)11-10-22(27)24(18)25/h6-11,17,29H,1,3-5,12-16H2,2H3,(H,30,33). The Morgan fingerprint density at radius 1 is 1.03 bits per heavy atom. The number of fused-ring (bicyclic) bond motifs is 1. The topological polar surface area (TPSA) is 47.6 Å². The summed E-state index contributed by atoms with van der Waals surface area (Å²) >= 11 is 0. The SMILES string of the molecule is C=C1C(C(=O)NCCN2CCCCC2)=CN(Cc2ccc(NC)cc2)c2c(F)ccc(F)c21. The number of halogens is 2. The summed E-state index contributed by atoms with van der Waals surface area (Å²) in [5, 5.41) is 5.99. The van der Waals surface area contributed by atoms with Gasteiger partial charge >= 0.3 is 0 Å². The molecule has 2 aromatic rings. The van der Waals surface area contributed by atoms with Gasteiger partial charge in [-0.2, -0.15) is 0 Å². The van der Waals surface area contributed by atoms with Crippen molar-refractivity contribution in [1.29, 1.82) is 0 Å². The monoisotopic (exact) mass is 452 g/mol. The average Bonchev–Trinajstić information content (AvgIpc) is 2.83. The zero-order valence-corrected chi connectivity index (χ0v) is 19.0. The van der Waals surface area contributed by atoms with Crippen LogP contribution in [0.4, 0.5) is 20.2 Å².